The molecular weight excluding hydrogens is 278 g/mol. The number of carbonyl (C=O) groups excluding carboxylic acids is 1. The monoisotopic (exact) mass is 295 g/mol. The largest absolute Gasteiger partial charge is 0.347 e. The molecule has 0 spiro atoms. The molecule has 0 unspecified atom stereocenters. The first-order chi connectivity index (χ1) is 9.57. The van der Waals surface area contributed by atoms with Crippen LogP contribution in [-0.4, -0.2) is 30.0 Å². The maximum atomic E-state index is 11.7. The quantitative estimate of drug-likeness (QED) is 0.574. The molecule has 0 radical (unpaired) electrons. The Bertz CT molecular complexity index is 475. The first-order valence-electron chi connectivity index (χ1n) is 6.26. The molecule has 20 heavy (non-hydrogen) atoms. The normalized spacial score (nSPS) is 16.4. The Morgan fingerprint density at radius 2 is 1.90 bits per heavy atom. The average Bonchev–Trinajstić information content (AvgIpc) is 2.84. The Hall–Kier alpha value is -1.70. The predicted molar refractivity (Wildman–Crippen MR) is 78.9 cm³/mol. The van der Waals surface area contributed by atoms with Gasteiger partial charge in [0.2, 0.25) is 5.91 Å². The molecule has 1 aromatic rings. The van der Waals surface area contributed by atoms with Gasteiger partial charge in [-0.05, 0) is 31.3 Å². The summed E-state index contributed by atoms with van der Waals surface area (Å²) in [5, 5.41) is 3.25. The summed E-state index contributed by atoms with van der Waals surface area (Å²) in [6.45, 7) is 2.75. The van der Waals surface area contributed by atoms with Gasteiger partial charge in [-0.3, -0.25) is 15.6 Å². The Labute approximate surface area is 122 Å². The molecule has 1 aliphatic rings. The van der Waals surface area contributed by atoms with Gasteiger partial charge < -0.3 is 14.8 Å². The van der Waals surface area contributed by atoms with E-state index in [0.29, 0.717) is 18.3 Å². The van der Waals surface area contributed by atoms with Crippen molar-refractivity contribution in [3.8, 4) is 0 Å². The van der Waals surface area contributed by atoms with E-state index in [-0.39, 0.29) is 12.3 Å². The summed E-state index contributed by atoms with van der Waals surface area (Å²) < 4.78 is 10.7. The van der Waals surface area contributed by atoms with Gasteiger partial charge in [-0.25, -0.2) is 0 Å². The number of thiocarbonyl (C=S) groups is 1. The molecule has 1 aromatic carbocycles. The number of hydrogen-bond donors (Lipinski definition) is 3. The summed E-state index contributed by atoms with van der Waals surface area (Å²) in [7, 11) is 0. The van der Waals surface area contributed by atoms with Gasteiger partial charge in [-0.2, -0.15) is 0 Å². The van der Waals surface area contributed by atoms with Gasteiger partial charge in [0.15, 0.2) is 10.9 Å². The Kier molecular flexibility index (Phi) is 4.89. The SMILES string of the molecule is CC1(CC(=O)NNC(=S)Nc2ccccc2)OCCO1. The van der Waals surface area contributed by atoms with E-state index >= 15 is 0 Å². The molecular formula is C13H17N3O3S. The van der Waals surface area contributed by atoms with Gasteiger partial charge in [0, 0.05) is 5.69 Å². The third-order valence-electron chi connectivity index (χ3n) is 2.73. The standard InChI is InChI=1S/C13H17N3O3S/c1-13(18-7-8-19-13)9-11(17)15-16-12(20)14-10-5-3-2-4-6-10/h2-6H,7-9H2,1H3,(H,15,17)(H2,14,16,20). The van der Waals surface area contributed by atoms with Crippen LogP contribution in [0.15, 0.2) is 30.3 Å². The Morgan fingerprint density at radius 1 is 1.25 bits per heavy atom. The van der Waals surface area contributed by atoms with E-state index in [1.165, 1.54) is 0 Å². The van der Waals surface area contributed by atoms with Crippen molar-refractivity contribution in [2.75, 3.05) is 18.5 Å². The Balaban J connectivity index is 1.72. The van der Waals surface area contributed by atoms with Crippen molar-refractivity contribution in [2.45, 2.75) is 19.1 Å². The molecule has 2 rings (SSSR count). The number of carbonyl (C=O) groups is 1. The van der Waals surface area contributed by atoms with Crippen LogP contribution in [0.25, 0.3) is 0 Å². The second-order valence-electron chi connectivity index (χ2n) is 4.50. The zero-order valence-electron chi connectivity index (χ0n) is 11.1. The van der Waals surface area contributed by atoms with Crippen LogP contribution >= 0.6 is 12.2 Å². The number of para-hydroxylation sites is 1. The lowest BCUT2D eigenvalue weighted by atomic mass is 10.2. The highest BCUT2D eigenvalue weighted by molar-refractivity contribution is 7.80. The van der Waals surface area contributed by atoms with E-state index in [9.17, 15) is 4.79 Å². The lowest BCUT2D eigenvalue weighted by Gasteiger charge is -2.21. The van der Waals surface area contributed by atoms with E-state index in [1.54, 1.807) is 6.92 Å². The van der Waals surface area contributed by atoms with E-state index in [4.69, 9.17) is 21.7 Å². The summed E-state index contributed by atoms with van der Waals surface area (Å²) in [4.78, 5) is 11.7. The van der Waals surface area contributed by atoms with Gasteiger partial charge in [-0.15, -0.1) is 0 Å². The van der Waals surface area contributed by atoms with E-state index in [0.717, 1.165) is 5.69 Å². The fraction of sp³-hybridized carbons (Fsp3) is 0.385. The summed E-state index contributed by atoms with van der Waals surface area (Å²) in [6, 6.07) is 9.43. The van der Waals surface area contributed by atoms with Crippen molar-refractivity contribution in [3.05, 3.63) is 30.3 Å². The molecule has 0 aromatic heterocycles. The van der Waals surface area contributed by atoms with Crippen LogP contribution in [-0.2, 0) is 14.3 Å². The number of hydrazine groups is 1. The van der Waals surface area contributed by atoms with Crippen molar-refractivity contribution in [1.82, 2.24) is 10.9 Å². The first kappa shape index (κ1) is 14.7. The first-order valence-corrected chi connectivity index (χ1v) is 6.67. The zero-order valence-corrected chi connectivity index (χ0v) is 12.0. The minimum atomic E-state index is -0.847. The number of rotatable bonds is 3. The number of anilines is 1. The molecule has 1 heterocycles. The van der Waals surface area contributed by atoms with Gasteiger partial charge in [0.05, 0.1) is 19.6 Å². The molecule has 0 atom stereocenters. The lowest BCUT2D eigenvalue weighted by Crippen LogP contribution is -2.46. The molecule has 0 bridgehead atoms. The molecule has 1 amide bonds. The highest BCUT2D eigenvalue weighted by Crippen LogP contribution is 2.21. The highest BCUT2D eigenvalue weighted by atomic mass is 32.1. The number of hydrogen-bond acceptors (Lipinski definition) is 4. The third-order valence-corrected chi connectivity index (χ3v) is 2.93. The number of amides is 1. The number of ether oxygens (including phenoxy) is 2. The molecule has 1 aliphatic heterocycles. The molecule has 1 saturated heterocycles. The Morgan fingerprint density at radius 3 is 2.55 bits per heavy atom. The van der Waals surface area contributed by atoms with Gasteiger partial charge in [0.1, 0.15) is 0 Å². The van der Waals surface area contributed by atoms with Gasteiger partial charge in [-0.1, -0.05) is 18.2 Å². The highest BCUT2D eigenvalue weighted by Gasteiger charge is 2.33. The zero-order chi connectivity index (χ0) is 14.4. The molecule has 0 saturated carbocycles. The summed E-state index contributed by atoms with van der Waals surface area (Å²) in [5.41, 5.74) is 5.98. The summed E-state index contributed by atoms with van der Waals surface area (Å²) >= 11 is 5.07. The maximum absolute atomic E-state index is 11.7. The van der Waals surface area contributed by atoms with Crippen LogP contribution in [0.2, 0.25) is 0 Å². The van der Waals surface area contributed by atoms with Crippen LogP contribution in [0.3, 0.4) is 0 Å². The smallest absolute Gasteiger partial charge is 0.243 e. The molecule has 1 fully saturated rings. The molecule has 0 aliphatic carbocycles. The minimum Gasteiger partial charge on any atom is -0.347 e. The fourth-order valence-corrected chi connectivity index (χ4v) is 1.97. The molecule has 108 valence electrons. The van der Waals surface area contributed by atoms with E-state index in [2.05, 4.69) is 16.2 Å². The van der Waals surface area contributed by atoms with Crippen molar-refractivity contribution in [2.24, 2.45) is 0 Å². The topological polar surface area (TPSA) is 71.6 Å². The second kappa shape index (κ2) is 6.65. The van der Waals surface area contributed by atoms with E-state index in [1.807, 2.05) is 30.3 Å². The van der Waals surface area contributed by atoms with Crippen molar-refractivity contribution < 1.29 is 14.3 Å². The number of nitrogens with one attached hydrogen (secondary N) is 3. The van der Waals surface area contributed by atoms with Crippen LogP contribution in [0.1, 0.15) is 13.3 Å². The maximum Gasteiger partial charge on any atom is 0.243 e. The molecule has 3 N–H and O–H groups in total. The molecule has 6 nitrogen and oxygen atoms in total. The predicted octanol–water partition coefficient (Wildman–Crippen LogP) is 1.16. The van der Waals surface area contributed by atoms with Gasteiger partial charge in [0.25, 0.3) is 0 Å². The number of benzene rings is 1. The van der Waals surface area contributed by atoms with Crippen molar-refractivity contribution >= 4 is 28.9 Å². The minimum absolute atomic E-state index is 0.105. The van der Waals surface area contributed by atoms with Crippen LogP contribution in [0, 0.1) is 0 Å². The lowest BCUT2D eigenvalue weighted by molar-refractivity contribution is -0.160. The summed E-state index contributed by atoms with van der Waals surface area (Å²) in [5.74, 6) is -1.10. The third kappa shape index (κ3) is 4.44. The average molecular weight is 295 g/mol. The molecule has 7 heteroatoms. The second-order valence-corrected chi connectivity index (χ2v) is 4.91. The van der Waals surface area contributed by atoms with Gasteiger partial charge >= 0.3 is 0 Å². The summed E-state index contributed by atoms with van der Waals surface area (Å²) in [6.07, 6.45) is 0.105. The van der Waals surface area contributed by atoms with Crippen LogP contribution in [0.4, 0.5) is 5.69 Å². The van der Waals surface area contributed by atoms with Crippen molar-refractivity contribution in [1.29, 1.82) is 0 Å². The van der Waals surface area contributed by atoms with Crippen LogP contribution < -0.4 is 16.2 Å². The van der Waals surface area contributed by atoms with Crippen LogP contribution in [0.5, 0.6) is 0 Å². The van der Waals surface area contributed by atoms with E-state index < -0.39 is 5.79 Å². The van der Waals surface area contributed by atoms with Crippen molar-refractivity contribution in [3.63, 3.8) is 0 Å². The fourth-order valence-electron chi connectivity index (χ4n) is 1.81.